The van der Waals surface area contributed by atoms with Gasteiger partial charge in [-0.1, -0.05) is 60.7 Å². The summed E-state index contributed by atoms with van der Waals surface area (Å²) < 4.78 is 10.0. The van der Waals surface area contributed by atoms with E-state index in [9.17, 15) is 19.2 Å². The third-order valence-electron chi connectivity index (χ3n) is 4.37. The minimum absolute atomic E-state index is 0.0118. The molecule has 0 aliphatic heterocycles. The van der Waals surface area contributed by atoms with E-state index in [1.54, 1.807) is 60.7 Å². The van der Waals surface area contributed by atoms with Crippen molar-refractivity contribution in [1.29, 1.82) is 0 Å². The van der Waals surface area contributed by atoms with Crippen molar-refractivity contribution in [1.82, 2.24) is 0 Å². The number of nitrogen functional groups attached to an aromatic ring is 1. The molecular weight excluding hydrogens is 398 g/mol. The van der Waals surface area contributed by atoms with Crippen LogP contribution in [-0.4, -0.2) is 36.7 Å². The lowest BCUT2D eigenvalue weighted by Gasteiger charge is -2.09. The lowest BCUT2D eigenvalue weighted by Crippen LogP contribution is -2.17. The molecule has 2 N–H and O–H groups in total. The summed E-state index contributed by atoms with van der Waals surface area (Å²) in [5, 5.41) is 0. The van der Waals surface area contributed by atoms with Gasteiger partial charge in [-0.25, -0.2) is 9.59 Å². The van der Waals surface area contributed by atoms with Crippen molar-refractivity contribution < 1.29 is 28.7 Å². The van der Waals surface area contributed by atoms with E-state index in [4.69, 9.17) is 15.2 Å². The molecule has 0 atom stereocenters. The number of carbonyl (C=O) groups is 4. The van der Waals surface area contributed by atoms with Crippen LogP contribution >= 0.6 is 0 Å². The Morgan fingerprint density at radius 3 is 1.58 bits per heavy atom. The number of nitrogens with two attached hydrogens (primary N) is 1. The highest BCUT2D eigenvalue weighted by Gasteiger charge is 2.17. The summed E-state index contributed by atoms with van der Waals surface area (Å²) in [6, 6.07) is 20.8. The van der Waals surface area contributed by atoms with Crippen LogP contribution in [0.15, 0.2) is 78.9 Å². The van der Waals surface area contributed by atoms with Crippen LogP contribution in [0, 0.1) is 0 Å². The average Bonchev–Trinajstić information content (AvgIpc) is 2.81. The third kappa shape index (κ3) is 5.63. The lowest BCUT2D eigenvalue weighted by atomic mass is 10.1. The fraction of sp³-hybridized carbons (Fsp3) is 0.0833. The molecule has 3 rings (SSSR count). The van der Waals surface area contributed by atoms with E-state index >= 15 is 0 Å². The van der Waals surface area contributed by atoms with E-state index in [1.807, 2.05) is 0 Å². The Morgan fingerprint density at radius 2 is 1.10 bits per heavy atom. The molecule has 7 nitrogen and oxygen atoms in total. The Morgan fingerprint density at radius 1 is 0.613 bits per heavy atom. The largest absolute Gasteiger partial charge is 0.454 e. The molecule has 3 aromatic carbocycles. The summed E-state index contributed by atoms with van der Waals surface area (Å²) in [5.74, 6) is -2.24. The van der Waals surface area contributed by atoms with Crippen molar-refractivity contribution in [3.05, 3.63) is 101 Å². The predicted octanol–water partition coefficient (Wildman–Crippen LogP) is 3.35. The molecule has 31 heavy (non-hydrogen) atoms. The van der Waals surface area contributed by atoms with E-state index in [-0.39, 0.29) is 28.4 Å². The van der Waals surface area contributed by atoms with E-state index in [1.165, 1.54) is 18.2 Å². The van der Waals surface area contributed by atoms with Crippen molar-refractivity contribution in [2.75, 3.05) is 18.9 Å². The Hall–Kier alpha value is -4.26. The number of benzene rings is 3. The molecular formula is C24H19NO6. The molecule has 3 aromatic rings. The fourth-order valence-corrected chi connectivity index (χ4v) is 2.71. The van der Waals surface area contributed by atoms with Crippen LogP contribution in [-0.2, 0) is 9.47 Å². The van der Waals surface area contributed by atoms with Crippen molar-refractivity contribution in [3.63, 3.8) is 0 Å². The van der Waals surface area contributed by atoms with Gasteiger partial charge >= 0.3 is 11.9 Å². The number of rotatable bonds is 8. The molecule has 0 spiro atoms. The number of ether oxygens (including phenoxy) is 2. The van der Waals surface area contributed by atoms with Crippen molar-refractivity contribution in [2.45, 2.75) is 0 Å². The highest BCUT2D eigenvalue weighted by atomic mass is 16.5. The average molecular weight is 417 g/mol. The third-order valence-corrected chi connectivity index (χ3v) is 4.37. The minimum atomic E-state index is -0.791. The van der Waals surface area contributed by atoms with Gasteiger partial charge in [0.2, 0.25) is 0 Å². The highest BCUT2D eigenvalue weighted by Crippen LogP contribution is 2.17. The molecule has 0 saturated carbocycles. The summed E-state index contributed by atoms with van der Waals surface area (Å²) in [7, 11) is 0. The molecule has 0 amide bonds. The van der Waals surface area contributed by atoms with Crippen molar-refractivity contribution in [3.8, 4) is 0 Å². The van der Waals surface area contributed by atoms with Gasteiger partial charge in [0.1, 0.15) is 0 Å². The number of carbonyl (C=O) groups excluding carboxylic acids is 4. The molecule has 0 heterocycles. The monoisotopic (exact) mass is 417 g/mol. The van der Waals surface area contributed by atoms with Crippen LogP contribution < -0.4 is 5.73 Å². The quantitative estimate of drug-likeness (QED) is 0.340. The summed E-state index contributed by atoms with van der Waals surface area (Å²) in [6.45, 7) is -0.859. The van der Waals surface area contributed by atoms with Gasteiger partial charge in [0.25, 0.3) is 0 Å². The topological polar surface area (TPSA) is 113 Å². The smallest absolute Gasteiger partial charge is 0.340 e. The van der Waals surface area contributed by atoms with E-state index in [0.29, 0.717) is 11.1 Å². The van der Waals surface area contributed by atoms with Gasteiger partial charge in [0.05, 0.1) is 11.1 Å². The maximum absolute atomic E-state index is 12.2. The molecule has 0 fully saturated rings. The molecule has 7 heteroatoms. The van der Waals surface area contributed by atoms with Crippen LogP contribution in [0.2, 0.25) is 0 Å². The summed E-state index contributed by atoms with van der Waals surface area (Å²) in [5.41, 5.74) is 6.79. The van der Waals surface area contributed by atoms with Gasteiger partial charge in [-0.3, -0.25) is 9.59 Å². The second kappa shape index (κ2) is 9.98. The molecule has 0 bridgehead atoms. The van der Waals surface area contributed by atoms with E-state index in [0.717, 1.165) is 0 Å². The van der Waals surface area contributed by atoms with Crippen LogP contribution in [0.25, 0.3) is 0 Å². The number of anilines is 1. The lowest BCUT2D eigenvalue weighted by molar-refractivity contribution is 0.0468. The molecule has 0 saturated heterocycles. The maximum atomic E-state index is 12.2. The molecule has 0 unspecified atom stereocenters. The van der Waals surface area contributed by atoms with Crippen LogP contribution in [0.3, 0.4) is 0 Å². The van der Waals surface area contributed by atoms with Gasteiger partial charge in [0, 0.05) is 16.8 Å². The first-order valence-electron chi connectivity index (χ1n) is 9.36. The zero-order valence-electron chi connectivity index (χ0n) is 16.4. The molecule has 0 radical (unpaired) electrons. The zero-order valence-corrected chi connectivity index (χ0v) is 16.4. The van der Waals surface area contributed by atoms with E-state index < -0.39 is 25.2 Å². The Balaban J connectivity index is 1.57. The maximum Gasteiger partial charge on any atom is 0.340 e. The van der Waals surface area contributed by atoms with Gasteiger partial charge in [-0.2, -0.15) is 0 Å². The standard InChI is InChI=1S/C24H19NO6/c25-20-13-18(23(28)30-14-21(26)16-7-3-1-4-8-16)11-12-19(20)24(29)31-15-22(27)17-9-5-2-6-10-17/h1-13H,14-15,25H2. The SMILES string of the molecule is Nc1cc(C(=O)OCC(=O)c2ccccc2)ccc1C(=O)OCC(=O)c1ccccc1. The van der Waals surface area contributed by atoms with Crippen molar-refractivity contribution >= 4 is 29.2 Å². The number of ketones is 2. The first-order valence-corrected chi connectivity index (χ1v) is 9.36. The highest BCUT2D eigenvalue weighted by molar-refractivity contribution is 6.02. The van der Waals surface area contributed by atoms with Gasteiger partial charge < -0.3 is 15.2 Å². The van der Waals surface area contributed by atoms with Crippen LogP contribution in [0.5, 0.6) is 0 Å². The Labute approximate surface area is 178 Å². The fourth-order valence-electron chi connectivity index (χ4n) is 2.71. The number of esters is 2. The molecule has 156 valence electrons. The molecule has 0 aromatic heterocycles. The Kier molecular flexibility index (Phi) is 6.90. The predicted molar refractivity (Wildman–Crippen MR) is 113 cm³/mol. The van der Waals surface area contributed by atoms with E-state index in [2.05, 4.69) is 0 Å². The minimum Gasteiger partial charge on any atom is -0.454 e. The zero-order chi connectivity index (χ0) is 22.2. The normalized spacial score (nSPS) is 10.2. The van der Waals surface area contributed by atoms with Gasteiger partial charge in [0.15, 0.2) is 24.8 Å². The number of Topliss-reactive ketones (excluding diaryl/α,β-unsaturated/α-hetero) is 2. The second-order valence-corrected chi connectivity index (χ2v) is 6.53. The number of hydrogen-bond acceptors (Lipinski definition) is 7. The summed E-state index contributed by atoms with van der Waals surface area (Å²) >= 11 is 0. The van der Waals surface area contributed by atoms with Gasteiger partial charge in [-0.15, -0.1) is 0 Å². The summed E-state index contributed by atoms with van der Waals surface area (Å²) in [4.78, 5) is 48.5. The second-order valence-electron chi connectivity index (χ2n) is 6.53. The number of hydrogen-bond donors (Lipinski definition) is 1. The Bertz CT molecular complexity index is 1110. The van der Waals surface area contributed by atoms with Crippen molar-refractivity contribution in [2.24, 2.45) is 0 Å². The van der Waals surface area contributed by atoms with Crippen LogP contribution in [0.1, 0.15) is 41.4 Å². The molecule has 0 aliphatic carbocycles. The first kappa shape index (κ1) is 21.4. The van der Waals surface area contributed by atoms with Crippen LogP contribution in [0.4, 0.5) is 5.69 Å². The van der Waals surface area contributed by atoms with Gasteiger partial charge in [-0.05, 0) is 18.2 Å². The molecule has 0 aliphatic rings. The first-order chi connectivity index (χ1) is 15.0. The summed E-state index contributed by atoms with van der Waals surface area (Å²) in [6.07, 6.45) is 0.